The predicted molar refractivity (Wildman–Crippen MR) is 130 cm³/mol. The van der Waals surface area contributed by atoms with Gasteiger partial charge in [-0.2, -0.15) is 0 Å². The largest absolute Gasteiger partial charge is 0.356 e. The van der Waals surface area contributed by atoms with Gasteiger partial charge in [0, 0.05) is 24.5 Å². The molecule has 1 fully saturated rings. The van der Waals surface area contributed by atoms with E-state index in [4.69, 9.17) is 9.97 Å². The van der Waals surface area contributed by atoms with E-state index in [-0.39, 0.29) is 12.3 Å². The molecule has 4 rings (SSSR count). The molecule has 164 valence electrons. The van der Waals surface area contributed by atoms with Gasteiger partial charge in [0.25, 0.3) is 0 Å². The highest BCUT2D eigenvalue weighted by Gasteiger charge is 2.31. The average molecular weight is 437 g/mol. The van der Waals surface area contributed by atoms with Gasteiger partial charge in [0.15, 0.2) is 0 Å². The number of anilines is 1. The number of fused-ring (bicyclic) bond motifs is 3. The summed E-state index contributed by atoms with van der Waals surface area (Å²) in [6.07, 6.45) is 16.0. The van der Waals surface area contributed by atoms with Crippen molar-refractivity contribution in [2.75, 3.05) is 18.5 Å². The van der Waals surface area contributed by atoms with E-state index in [1.165, 1.54) is 41.5 Å². The lowest BCUT2D eigenvalue weighted by molar-refractivity contribution is -0.120. The second kappa shape index (κ2) is 9.77. The quantitative estimate of drug-likeness (QED) is 0.568. The lowest BCUT2D eigenvalue weighted by atomic mass is 9.97. The van der Waals surface area contributed by atoms with Crippen molar-refractivity contribution in [2.24, 2.45) is 0 Å². The van der Waals surface area contributed by atoms with Crippen molar-refractivity contribution in [3.05, 3.63) is 52.7 Å². The Bertz CT molecular complexity index is 1030. The van der Waals surface area contributed by atoms with E-state index in [9.17, 15) is 4.79 Å². The summed E-state index contributed by atoms with van der Waals surface area (Å²) in [6.45, 7) is 6.41. The molecule has 0 spiro atoms. The van der Waals surface area contributed by atoms with Gasteiger partial charge in [-0.25, -0.2) is 9.97 Å². The monoisotopic (exact) mass is 436 g/mol. The molecule has 5 nitrogen and oxygen atoms in total. The summed E-state index contributed by atoms with van der Waals surface area (Å²) in [4.78, 5) is 27.2. The lowest BCUT2D eigenvalue weighted by Crippen LogP contribution is -2.28. The van der Waals surface area contributed by atoms with Crippen LogP contribution >= 0.6 is 11.3 Å². The molecule has 2 aliphatic carbocycles. The molecule has 6 heteroatoms. The van der Waals surface area contributed by atoms with Crippen molar-refractivity contribution in [1.29, 1.82) is 0 Å². The molecule has 0 unspecified atom stereocenters. The maximum atomic E-state index is 12.6. The van der Waals surface area contributed by atoms with Crippen LogP contribution in [0.4, 0.5) is 5.82 Å². The first-order chi connectivity index (χ1) is 15.1. The summed E-state index contributed by atoms with van der Waals surface area (Å²) in [5.74, 6) is 1.62. The standard InChI is InChI=1S/C25H32N4OS/c1-4-6-9-17(5-2)14-15-26-22(30)16-21-27-24(29(3)18-12-13-18)23-19-10-7-8-11-20(19)31-25(23)28-21/h4-6,9,18H,2,7-8,10-16H2,1,3H3,(H,26,30)/b6-4-,17-9+. The van der Waals surface area contributed by atoms with Crippen LogP contribution in [-0.4, -0.2) is 35.5 Å². The van der Waals surface area contributed by atoms with E-state index < -0.39 is 0 Å². The van der Waals surface area contributed by atoms with Gasteiger partial charge in [-0.1, -0.05) is 30.9 Å². The molecule has 2 aliphatic rings. The minimum atomic E-state index is -0.0323. The summed E-state index contributed by atoms with van der Waals surface area (Å²) in [5.41, 5.74) is 2.56. The number of hydrogen-bond donors (Lipinski definition) is 1. The Morgan fingerprint density at radius 2 is 2.10 bits per heavy atom. The van der Waals surface area contributed by atoms with Crippen LogP contribution in [0.3, 0.4) is 0 Å². The normalized spacial score (nSPS) is 16.5. The summed E-state index contributed by atoms with van der Waals surface area (Å²) in [7, 11) is 2.14. The molecule has 2 aromatic heterocycles. The Kier molecular flexibility index (Phi) is 6.86. The Balaban J connectivity index is 1.51. The van der Waals surface area contributed by atoms with Gasteiger partial charge in [0.1, 0.15) is 16.5 Å². The fourth-order valence-electron chi connectivity index (χ4n) is 4.18. The zero-order valence-electron chi connectivity index (χ0n) is 18.6. The van der Waals surface area contributed by atoms with Gasteiger partial charge in [-0.3, -0.25) is 4.79 Å². The number of nitrogens with zero attached hydrogens (tertiary/aromatic N) is 3. The van der Waals surface area contributed by atoms with Crippen LogP contribution in [0.2, 0.25) is 0 Å². The molecule has 0 radical (unpaired) electrons. The van der Waals surface area contributed by atoms with Crippen molar-refractivity contribution in [2.45, 2.75) is 64.3 Å². The van der Waals surface area contributed by atoms with E-state index in [1.807, 2.05) is 31.2 Å². The van der Waals surface area contributed by atoms with E-state index in [0.29, 0.717) is 18.4 Å². The van der Waals surface area contributed by atoms with Crippen molar-refractivity contribution < 1.29 is 4.79 Å². The fourth-order valence-corrected chi connectivity index (χ4v) is 5.45. The fraction of sp³-hybridized carbons (Fsp3) is 0.480. The van der Waals surface area contributed by atoms with Crippen LogP contribution in [0.1, 0.15) is 55.3 Å². The predicted octanol–water partition coefficient (Wildman–Crippen LogP) is 4.91. The van der Waals surface area contributed by atoms with Crippen LogP contribution in [0.15, 0.2) is 36.5 Å². The second-order valence-corrected chi connectivity index (χ2v) is 9.53. The number of hydrogen-bond acceptors (Lipinski definition) is 5. The van der Waals surface area contributed by atoms with Gasteiger partial charge < -0.3 is 10.2 Å². The van der Waals surface area contributed by atoms with Gasteiger partial charge in [-0.15, -0.1) is 11.3 Å². The average Bonchev–Trinajstić information content (AvgIpc) is 3.55. The minimum Gasteiger partial charge on any atom is -0.356 e. The SMILES string of the molecule is C=C/C(=C\C=C/C)CCNC(=O)Cc1nc(N(C)C2CC2)c2c3c(sc2n1)CCCC3. The number of aryl methyl sites for hydroxylation is 2. The van der Waals surface area contributed by atoms with Gasteiger partial charge >= 0.3 is 0 Å². The van der Waals surface area contributed by atoms with Crippen LogP contribution in [0.5, 0.6) is 0 Å². The topological polar surface area (TPSA) is 58.1 Å². The summed E-state index contributed by atoms with van der Waals surface area (Å²) < 4.78 is 0. The van der Waals surface area contributed by atoms with Gasteiger partial charge in [-0.05, 0) is 63.0 Å². The first-order valence-corrected chi connectivity index (χ1v) is 12.2. The van der Waals surface area contributed by atoms with Gasteiger partial charge in [0.05, 0.1) is 11.8 Å². The number of nitrogens with one attached hydrogen (secondary N) is 1. The Labute approximate surface area is 189 Å². The molecular weight excluding hydrogens is 404 g/mol. The number of carbonyl (C=O) groups is 1. The second-order valence-electron chi connectivity index (χ2n) is 8.44. The number of carbonyl (C=O) groups excluding carboxylic acids is 1. The Morgan fingerprint density at radius 1 is 1.29 bits per heavy atom. The zero-order valence-corrected chi connectivity index (χ0v) is 19.4. The molecule has 1 N–H and O–H groups in total. The molecule has 1 saturated carbocycles. The highest BCUT2D eigenvalue weighted by molar-refractivity contribution is 7.19. The van der Waals surface area contributed by atoms with E-state index in [0.717, 1.165) is 35.5 Å². The zero-order chi connectivity index (χ0) is 21.8. The Morgan fingerprint density at radius 3 is 2.84 bits per heavy atom. The van der Waals surface area contributed by atoms with E-state index in [2.05, 4.69) is 23.8 Å². The maximum absolute atomic E-state index is 12.6. The third kappa shape index (κ3) is 5.06. The Hall–Kier alpha value is -2.47. The van der Waals surface area contributed by atoms with E-state index in [1.54, 1.807) is 11.3 Å². The highest BCUT2D eigenvalue weighted by atomic mass is 32.1. The first-order valence-electron chi connectivity index (χ1n) is 11.4. The number of thiophene rings is 1. The molecule has 0 aliphatic heterocycles. The molecule has 31 heavy (non-hydrogen) atoms. The number of allylic oxidation sites excluding steroid dienone is 4. The van der Waals surface area contributed by atoms with Crippen molar-refractivity contribution >= 4 is 33.3 Å². The minimum absolute atomic E-state index is 0.0323. The van der Waals surface area contributed by atoms with Gasteiger partial charge in [0.2, 0.25) is 5.91 Å². The van der Waals surface area contributed by atoms with Crippen LogP contribution in [-0.2, 0) is 24.1 Å². The summed E-state index contributed by atoms with van der Waals surface area (Å²) in [6, 6.07) is 0.570. The molecule has 0 saturated heterocycles. The summed E-state index contributed by atoms with van der Waals surface area (Å²) >= 11 is 1.80. The molecule has 2 heterocycles. The molecule has 1 amide bonds. The molecule has 0 atom stereocenters. The molecule has 0 aromatic carbocycles. The van der Waals surface area contributed by atoms with Crippen molar-refractivity contribution in [3.63, 3.8) is 0 Å². The number of amides is 1. The maximum Gasteiger partial charge on any atom is 0.227 e. The molecule has 0 bridgehead atoms. The smallest absolute Gasteiger partial charge is 0.227 e. The third-order valence-corrected chi connectivity index (χ3v) is 7.28. The van der Waals surface area contributed by atoms with Crippen LogP contribution in [0.25, 0.3) is 10.2 Å². The number of rotatable bonds is 9. The first kappa shape index (κ1) is 21.8. The van der Waals surface area contributed by atoms with Crippen molar-refractivity contribution in [3.8, 4) is 0 Å². The van der Waals surface area contributed by atoms with Crippen LogP contribution < -0.4 is 10.2 Å². The van der Waals surface area contributed by atoms with Crippen LogP contribution in [0, 0.1) is 0 Å². The van der Waals surface area contributed by atoms with Crippen molar-refractivity contribution in [1.82, 2.24) is 15.3 Å². The summed E-state index contributed by atoms with van der Waals surface area (Å²) in [5, 5.41) is 4.25. The molecule has 2 aromatic rings. The van der Waals surface area contributed by atoms with E-state index >= 15 is 0 Å². The highest BCUT2D eigenvalue weighted by Crippen LogP contribution is 2.41. The third-order valence-electron chi connectivity index (χ3n) is 6.09. The lowest BCUT2D eigenvalue weighted by Gasteiger charge is -2.20. The molecular formula is C25H32N4OS. The number of aromatic nitrogens is 2.